The number of likely N-dealkylation sites (N-methyl/N-ethyl adjacent to an activating group) is 1. The first-order valence-electron chi connectivity index (χ1n) is 9.86. The lowest BCUT2D eigenvalue weighted by Crippen LogP contribution is -2.47. The maximum absolute atomic E-state index is 12.5. The number of rotatable bonds is 9. The molecule has 0 saturated carbocycles. The Morgan fingerprint density at radius 1 is 1.22 bits per heavy atom. The van der Waals surface area contributed by atoms with Crippen LogP contribution in [-0.2, 0) is 24.2 Å². The van der Waals surface area contributed by atoms with Gasteiger partial charge in [-0.2, -0.15) is 0 Å². The van der Waals surface area contributed by atoms with Crippen molar-refractivity contribution in [3.8, 4) is 0 Å². The van der Waals surface area contributed by atoms with Crippen molar-refractivity contribution < 1.29 is 22.7 Å². The highest BCUT2D eigenvalue weighted by Crippen LogP contribution is 2.19. The maximum atomic E-state index is 12.5. The summed E-state index contributed by atoms with van der Waals surface area (Å²) in [5.41, 5.74) is 0. The van der Waals surface area contributed by atoms with Crippen LogP contribution in [0.1, 0.15) is 32.6 Å². The van der Waals surface area contributed by atoms with Crippen molar-refractivity contribution in [2.45, 2.75) is 38.6 Å². The van der Waals surface area contributed by atoms with Crippen LogP contribution in [0.2, 0.25) is 0 Å². The molecule has 0 aromatic carbocycles. The Kier molecular flexibility index (Phi) is 8.50. The standard InChI is InChI=1S/C18H33N3O5S/c1-3-26-11-4-8-19-18(23)15-5-9-21(10-6-15)13-17(22)20(2)16-7-12-27(24,25)14-16/h15-16H,3-14H2,1-2H3,(H,19,23)/t16-/m1/s1. The number of amides is 2. The van der Waals surface area contributed by atoms with Gasteiger partial charge in [-0.15, -0.1) is 0 Å². The van der Waals surface area contributed by atoms with Gasteiger partial charge in [0.25, 0.3) is 0 Å². The van der Waals surface area contributed by atoms with E-state index in [-0.39, 0.29) is 41.8 Å². The van der Waals surface area contributed by atoms with Crippen LogP contribution < -0.4 is 5.32 Å². The molecule has 0 aromatic heterocycles. The van der Waals surface area contributed by atoms with E-state index in [1.165, 1.54) is 0 Å². The van der Waals surface area contributed by atoms with Crippen molar-refractivity contribution >= 4 is 21.7 Å². The summed E-state index contributed by atoms with van der Waals surface area (Å²) in [5.74, 6) is 0.282. The van der Waals surface area contributed by atoms with E-state index in [2.05, 4.69) is 10.2 Å². The Labute approximate surface area is 162 Å². The highest BCUT2D eigenvalue weighted by Gasteiger charge is 2.33. The van der Waals surface area contributed by atoms with Crippen LogP contribution in [-0.4, -0.2) is 94.0 Å². The van der Waals surface area contributed by atoms with Crippen molar-refractivity contribution in [2.24, 2.45) is 5.92 Å². The van der Waals surface area contributed by atoms with Gasteiger partial charge in [0.15, 0.2) is 9.84 Å². The third-order valence-electron chi connectivity index (χ3n) is 5.44. The van der Waals surface area contributed by atoms with Crippen LogP contribution >= 0.6 is 0 Å². The summed E-state index contributed by atoms with van der Waals surface area (Å²) < 4.78 is 28.4. The number of nitrogens with one attached hydrogen (secondary N) is 1. The lowest BCUT2D eigenvalue weighted by molar-refractivity contribution is -0.133. The number of likely N-dealkylation sites (tertiary alicyclic amines) is 1. The van der Waals surface area contributed by atoms with Crippen molar-refractivity contribution in [3.05, 3.63) is 0 Å². The molecule has 2 fully saturated rings. The van der Waals surface area contributed by atoms with Gasteiger partial charge in [0.05, 0.1) is 18.1 Å². The summed E-state index contributed by atoms with van der Waals surface area (Å²) in [6.07, 6.45) is 2.82. The average Bonchev–Trinajstić information content (AvgIpc) is 3.01. The summed E-state index contributed by atoms with van der Waals surface area (Å²) in [4.78, 5) is 28.3. The predicted octanol–water partition coefficient (Wildman–Crippen LogP) is -0.113. The van der Waals surface area contributed by atoms with Crippen LogP contribution in [0.4, 0.5) is 0 Å². The van der Waals surface area contributed by atoms with Gasteiger partial charge in [0, 0.05) is 38.8 Å². The third kappa shape index (κ3) is 7.04. The Morgan fingerprint density at radius 3 is 2.52 bits per heavy atom. The van der Waals surface area contributed by atoms with Crippen molar-refractivity contribution in [2.75, 3.05) is 57.9 Å². The summed E-state index contributed by atoms with van der Waals surface area (Å²) in [6, 6.07) is -0.206. The largest absolute Gasteiger partial charge is 0.382 e. The summed E-state index contributed by atoms with van der Waals surface area (Å²) >= 11 is 0. The summed E-state index contributed by atoms with van der Waals surface area (Å²) in [5, 5.41) is 2.96. The Balaban J connectivity index is 1.66. The second-order valence-electron chi connectivity index (χ2n) is 7.45. The molecule has 0 spiro atoms. The molecule has 0 aromatic rings. The minimum Gasteiger partial charge on any atom is -0.382 e. The second-order valence-corrected chi connectivity index (χ2v) is 9.68. The summed E-state index contributed by atoms with van der Waals surface area (Å²) in [6.45, 7) is 5.63. The van der Waals surface area contributed by atoms with Gasteiger partial charge >= 0.3 is 0 Å². The van der Waals surface area contributed by atoms with Crippen LogP contribution in [0.3, 0.4) is 0 Å². The van der Waals surface area contributed by atoms with Crippen LogP contribution in [0.25, 0.3) is 0 Å². The monoisotopic (exact) mass is 403 g/mol. The smallest absolute Gasteiger partial charge is 0.236 e. The van der Waals surface area contributed by atoms with Gasteiger partial charge in [-0.25, -0.2) is 8.42 Å². The average molecular weight is 404 g/mol. The van der Waals surface area contributed by atoms with E-state index in [1.807, 2.05) is 6.92 Å². The highest BCUT2D eigenvalue weighted by molar-refractivity contribution is 7.91. The van der Waals surface area contributed by atoms with Gasteiger partial charge in [-0.05, 0) is 45.7 Å². The molecule has 0 aliphatic carbocycles. The first kappa shape index (κ1) is 22.1. The third-order valence-corrected chi connectivity index (χ3v) is 7.19. The zero-order valence-electron chi connectivity index (χ0n) is 16.5. The number of sulfone groups is 1. The number of hydrogen-bond acceptors (Lipinski definition) is 6. The maximum Gasteiger partial charge on any atom is 0.236 e. The quantitative estimate of drug-likeness (QED) is 0.540. The van der Waals surface area contributed by atoms with E-state index >= 15 is 0 Å². The van der Waals surface area contributed by atoms with E-state index in [9.17, 15) is 18.0 Å². The molecule has 0 radical (unpaired) electrons. The number of ether oxygens (including phenoxy) is 1. The molecular formula is C18H33N3O5S. The molecule has 2 rings (SSSR count). The fourth-order valence-electron chi connectivity index (χ4n) is 3.62. The molecule has 2 aliphatic heterocycles. The van der Waals surface area contributed by atoms with Gasteiger partial charge < -0.3 is 15.0 Å². The predicted molar refractivity (Wildman–Crippen MR) is 103 cm³/mol. The van der Waals surface area contributed by atoms with Gasteiger partial charge in [0.2, 0.25) is 11.8 Å². The fraction of sp³-hybridized carbons (Fsp3) is 0.889. The van der Waals surface area contributed by atoms with Crippen LogP contribution in [0.15, 0.2) is 0 Å². The van der Waals surface area contributed by atoms with Crippen LogP contribution in [0, 0.1) is 5.92 Å². The zero-order chi connectivity index (χ0) is 19.9. The van der Waals surface area contributed by atoms with Crippen molar-refractivity contribution in [1.82, 2.24) is 15.1 Å². The number of carbonyl (C=O) groups excluding carboxylic acids is 2. The molecule has 8 nitrogen and oxygen atoms in total. The first-order valence-corrected chi connectivity index (χ1v) is 11.7. The molecule has 0 bridgehead atoms. The number of carbonyl (C=O) groups is 2. The molecule has 1 atom stereocenters. The van der Waals surface area contributed by atoms with E-state index in [0.29, 0.717) is 39.3 Å². The van der Waals surface area contributed by atoms with E-state index < -0.39 is 9.84 Å². The lowest BCUT2D eigenvalue weighted by atomic mass is 9.96. The highest BCUT2D eigenvalue weighted by atomic mass is 32.2. The van der Waals surface area contributed by atoms with Gasteiger partial charge in [-0.1, -0.05) is 0 Å². The molecule has 0 unspecified atom stereocenters. The van der Waals surface area contributed by atoms with Crippen molar-refractivity contribution in [3.63, 3.8) is 0 Å². The zero-order valence-corrected chi connectivity index (χ0v) is 17.3. The number of piperidine rings is 1. The Morgan fingerprint density at radius 2 is 1.93 bits per heavy atom. The Hall–Kier alpha value is -1.19. The molecule has 2 heterocycles. The van der Waals surface area contributed by atoms with E-state index in [1.54, 1.807) is 11.9 Å². The normalized spacial score (nSPS) is 23.3. The lowest BCUT2D eigenvalue weighted by Gasteiger charge is -2.33. The molecular weight excluding hydrogens is 370 g/mol. The molecule has 27 heavy (non-hydrogen) atoms. The van der Waals surface area contributed by atoms with E-state index in [4.69, 9.17) is 4.74 Å². The summed E-state index contributed by atoms with van der Waals surface area (Å²) in [7, 11) is -1.31. The molecule has 2 saturated heterocycles. The topological polar surface area (TPSA) is 96.0 Å². The number of hydrogen-bond donors (Lipinski definition) is 1. The van der Waals surface area contributed by atoms with E-state index in [0.717, 1.165) is 19.3 Å². The molecule has 156 valence electrons. The number of nitrogens with zero attached hydrogens (tertiary/aromatic N) is 2. The van der Waals surface area contributed by atoms with Crippen LogP contribution in [0.5, 0.6) is 0 Å². The Bertz CT molecular complexity index is 602. The molecule has 9 heteroatoms. The molecule has 1 N–H and O–H groups in total. The minimum atomic E-state index is -3.00. The molecule has 2 amide bonds. The molecule has 2 aliphatic rings. The minimum absolute atomic E-state index is 0.00107. The van der Waals surface area contributed by atoms with Gasteiger partial charge in [-0.3, -0.25) is 14.5 Å². The van der Waals surface area contributed by atoms with Crippen molar-refractivity contribution in [1.29, 1.82) is 0 Å². The second kappa shape index (κ2) is 10.4. The first-order chi connectivity index (χ1) is 12.8. The SMILES string of the molecule is CCOCCCNC(=O)C1CCN(CC(=O)N(C)[C@@H]2CCS(=O)(=O)C2)CC1. The van der Waals surface area contributed by atoms with Gasteiger partial charge in [0.1, 0.15) is 0 Å². The fourth-order valence-corrected chi connectivity index (χ4v) is 5.39.